The highest BCUT2D eigenvalue weighted by Crippen LogP contribution is 2.28. The van der Waals surface area contributed by atoms with Crippen molar-refractivity contribution in [2.75, 3.05) is 11.8 Å². The number of hydrogen-bond donors (Lipinski definition) is 1. The Bertz CT molecular complexity index is 1080. The summed E-state index contributed by atoms with van der Waals surface area (Å²) < 4.78 is 71.9. The van der Waals surface area contributed by atoms with Crippen LogP contribution in [0.5, 0.6) is 11.5 Å². The van der Waals surface area contributed by atoms with E-state index in [1.807, 2.05) is 24.3 Å². The molecule has 154 valence electrons. The Morgan fingerprint density at radius 2 is 1.83 bits per heavy atom. The first-order valence-electron chi connectivity index (χ1n) is 8.09. The number of aromatic nitrogens is 1. The fraction of sp³-hybridized carbons (Fsp3) is 0.167. The lowest BCUT2D eigenvalue weighted by atomic mass is 10.2. The van der Waals surface area contributed by atoms with Crippen LogP contribution >= 0.6 is 11.3 Å². The van der Waals surface area contributed by atoms with Crippen LogP contribution < -0.4 is 14.2 Å². The SMILES string of the molecule is COc1ccc(-c2nc(COc3cccc(NS(=O)(=O)C(F)(F)F)c3)cs2)cc1. The van der Waals surface area contributed by atoms with E-state index in [-0.39, 0.29) is 18.0 Å². The third kappa shape index (κ3) is 5.18. The molecule has 6 nitrogen and oxygen atoms in total. The van der Waals surface area contributed by atoms with Crippen molar-refractivity contribution < 1.29 is 31.1 Å². The van der Waals surface area contributed by atoms with Crippen molar-refractivity contribution in [1.29, 1.82) is 0 Å². The molecular weight excluding hydrogens is 429 g/mol. The minimum atomic E-state index is -5.49. The average Bonchev–Trinajstić information content (AvgIpc) is 3.14. The van der Waals surface area contributed by atoms with Crippen LogP contribution in [0.25, 0.3) is 10.6 Å². The molecule has 0 saturated heterocycles. The fourth-order valence-electron chi connectivity index (χ4n) is 2.26. The van der Waals surface area contributed by atoms with Gasteiger partial charge < -0.3 is 9.47 Å². The number of anilines is 1. The van der Waals surface area contributed by atoms with Crippen molar-refractivity contribution in [3.05, 3.63) is 59.6 Å². The van der Waals surface area contributed by atoms with Gasteiger partial charge in [0, 0.05) is 17.0 Å². The Balaban J connectivity index is 1.65. The third-order valence-corrected chi connectivity index (χ3v) is 5.72. The number of nitrogens with zero attached hydrogens (tertiary/aromatic N) is 1. The zero-order valence-electron chi connectivity index (χ0n) is 14.9. The molecule has 1 N–H and O–H groups in total. The monoisotopic (exact) mass is 444 g/mol. The topological polar surface area (TPSA) is 77.5 Å². The van der Waals surface area contributed by atoms with Crippen LogP contribution in [0.2, 0.25) is 0 Å². The summed E-state index contributed by atoms with van der Waals surface area (Å²) in [4.78, 5) is 4.46. The number of nitrogens with one attached hydrogen (secondary N) is 1. The Hall–Kier alpha value is -2.79. The molecule has 0 spiro atoms. The molecule has 29 heavy (non-hydrogen) atoms. The molecule has 0 aliphatic heterocycles. The van der Waals surface area contributed by atoms with Crippen molar-refractivity contribution in [3.63, 3.8) is 0 Å². The summed E-state index contributed by atoms with van der Waals surface area (Å²) in [5.41, 5.74) is -4.12. The van der Waals surface area contributed by atoms with Gasteiger partial charge in [0.25, 0.3) is 0 Å². The van der Waals surface area contributed by atoms with Gasteiger partial charge in [-0.3, -0.25) is 4.72 Å². The van der Waals surface area contributed by atoms with Crippen LogP contribution in [0.3, 0.4) is 0 Å². The van der Waals surface area contributed by atoms with E-state index in [2.05, 4.69) is 4.98 Å². The average molecular weight is 444 g/mol. The molecule has 0 aliphatic rings. The van der Waals surface area contributed by atoms with Crippen LogP contribution in [-0.2, 0) is 16.6 Å². The van der Waals surface area contributed by atoms with Crippen molar-refractivity contribution in [1.82, 2.24) is 4.98 Å². The number of ether oxygens (including phenoxy) is 2. The highest BCUT2D eigenvalue weighted by atomic mass is 32.2. The van der Waals surface area contributed by atoms with Crippen LogP contribution in [0, 0.1) is 0 Å². The zero-order chi connectivity index (χ0) is 21.1. The molecule has 1 heterocycles. The largest absolute Gasteiger partial charge is 0.516 e. The van der Waals surface area contributed by atoms with E-state index < -0.39 is 15.5 Å². The van der Waals surface area contributed by atoms with Gasteiger partial charge in [-0.2, -0.15) is 21.6 Å². The Kier molecular flexibility index (Phi) is 5.99. The summed E-state index contributed by atoms with van der Waals surface area (Å²) >= 11 is 1.42. The Morgan fingerprint density at radius 1 is 1.10 bits per heavy atom. The number of benzene rings is 2. The van der Waals surface area contributed by atoms with E-state index in [9.17, 15) is 21.6 Å². The van der Waals surface area contributed by atoms with Crippen molar-refractivity contribution in [2.45, 2.75) is 12.1 Å². The molecule has 0 radical (unpaired) electrons. The zero-order valence-corrected chi connectivity index (χ0v) is 16.6. The molecule has 3 aromatic rings. The maximum absolute atomic E-state index is 12.5. The first-order valence-corrected chi connectivity index (χ1v) is 10.4. The van der Waals surface area contributed by atoms with Gasteiger partial charge in [-0.15, -0.1) is 11.3 Å². The van der Waals surface area contributed by atoms with Gasteiger partial charge >= 0.3 is 15.5 Å². The molecule has 2 aromatic carbocycles. The van der Waals surface area contributed by atoms with Crippen molar-refractivity contribution >= 4 is 27.0 Å². The van der Waals surface area contributed by atoms with Gasteiger partial charge in [0.2, 0.25) is 0 Å². The number of sulfonamides is 1. The highest BCUT2D eigenvalue weighted by Gasteiger charge is 2.46. The van der Waals surface area contributed by atoms with Gasteiger partial charge in [0.15, 0.2) is 0 Å². The molecule has 0 atom stereocenters. The van der Waals surface area contributed by atoms with Crippen LogP contribution in [-0.4, -0.2) is 26.0 Å². The lowest BCUT2D eigenvalue weighted by Crippen LogP contribution is -2.29. The number of methoxy groups -OCH3 is 1. The number of thiazole rings is 1. The molecule has 0 unspecified atom stereocenters. The molecule has 0 bridgehead atoms. The van der Waals surface area contributed by atoms with Crippen LogP contribution in [0.1, 0.15) is 5.69 Å². The van der Waals surface area contributed by atoms with Gasteiger partial charge in [-0.25, -0.2) is 4.98 Å². The maximum Gasteiger partial charge on any atom is 0.516 e. The molecule has 0 fully saturated rings. The minimum absolute atomic E-state index is 0.0716. The van der Waals surface area contributed by atoms with E-state index in [0.29, 0.717) is 5.69 Å². The second kappa shape index (κ2) is 8.29. The van der Waals surface area contributed by atoms with E-state index in [4.69, 9.17) is 9.47 Å². The summed E-state index contributed by atoms with van der Waals surface area (Å²) in [6, 6.07) is 12.6. The summed E-state index contributed by atoms with van der Waals surface area (Å²) in [6.07, 6.45) is 0. The van der Waals surface area contributed by atoms with E-state index >= 15 is 0 Å². The van der Waals surface area contributed by atoms with Crippen LogP contribution in [0.4, 0.5) is 18.9 Å². The van der Waals surface area contributed by atoms with E-state index in [1.54, 1.807) is 12.5 Å². The molecule has 11 heteroatoms. The molecule has 1 aromatic heterocycles. The number of hydrogen-bond acceptors (Lipinski definition) is 6. The van der Waals surface area contributed by atoms with E-state index in [1.165, 1.54) is 40.3 Å². The summed E-state index contributed by atoms with van der Waals surface area (Å²) in [5, 5.41) is 2.58. The summed E-state index contributed by atoms with van der Waals surface area (Å²) in [6.45, 7) is 0.0716. The lowest BCUT2D eigenvalue weighted by Gasteiger charge is -2.11. The first-order chi connectivity index (χ1) is 13.7. The smallest absolute Gasteiger partial charge is 0.497 e. The number of halogens is 3. The molecule has 3 rings (SSSR count). The third-order valence-electron chi connectivity index (χ3n) is 3.67. The Morgan fingerprint density at radius 3 is 2.48 bits per heavy atom. The molecule has 0 aliphatic carbocycles. The van der Waals surface area contributed by atoms with E-state index in [0.717, 1.165) is 16.3 Å². The molecular formula is C18H15F3N2O4S2. The van der Waals surface area contributed by atoms with Gasteiger partial charge in [-0.1, -0.05) is 6.07 Å². The standard InChI is InChI=1S/C18H15F3N2O4S2/c1-26-15-7-5-12(6-8-15)17-22-14(11-28-17)10-27-16-4-2-3-13(9-16)23-29(24,25)18(19,20)21/h2-9,11,23H,10H2,1H3. The summed E-state index contributed by atoms with van der Waals surface area (Å²) in [7, 11) is -3.91. The Labute approximate surface area is 169 Å². The van der Waals surface area contributed by atoms with Gasteiger partial charge in [-0.05, 0) is 36.4 Å². The van der Waals surface area contributed by atoms with Crippen molar-refractivity contribution in [2.24, 2.45) is 0 Å². The normalized spacial score (nSPS) is 11.9. The summed E-state index contributed by atoms with van der Waals surface area (Å²) in [5.74, 6) is 0.932. The molecule has 0 saturated carbocycles. The lowest BCUT2D eigenvalue weighted by molar-refractivity contribution is -0.0429. The fourth-order valence-corrected chi connectivity index (χ4v) is 3.62. The second-order valence-corrected chi connectivity index (χ2v) is 8.27. The van der Waals surface area contributed by atoms with Gasteiger partial charge in [0.05, 0.1) is 18.5 Å². The second-order valence-electron chi connectivity index (χ2n) is 5.74. The number of alkyl halides is 3. The highest BCUT2D eigenvalue weighted by molar-refractivity contribution is 7.93. The predicted molar refractivity (Wildman–Crippen MR) is 103 cm³/mol. The predicted octanol–water partition coefficient (Wildman–Crippen LogP) is 4.66. The van der Waals surface area contributed by atoms with Crippen LogP contribution in [0.15, 0.2) is 53.9 Å². The van der Waals surface area contributed by atoms with Gasteiger partial charge in [0.1, 0.15) is 23.1 Å². The quantitative estimate of drug-likeness (QED) is 0.574. The van der Waals surface area contributed by atoms with Crippen molar-refractivity contribution in [3.8, 4) is 22.1 Å². The first kappa shape index (κ1) is 20.9. The maximum atomic E-state index is 12.5. The molecule has 0 amide bonds. The minimum Gasteiger partial charge on any atom is -0.497 e. The number of rotatable bonds is 7.